The second-order valence-corrected chi connectivity index (χ2v) is 6.40. The first-order valence-electron chi connectivity index (χ1n) is 8.36. The van der Waals surface area contributed by atoms with E-state index in [0.717, 1.165) is 0 Å². The van der Waals surface area contributed by atoms with Crippen LogP contribution >= 0.6 is 0 Å². The van der Waals surface area contributed by atoms with Crippen LogP contribution < -0.4 is 10.9 Å². The van der Waals surface area contributed by atoms with E-state index in [0.29, 0.717) is 23.9 Å². The lowest BCUT2D eigenvalue weighted by Gasteiger charge is -2.21. The smallest absolute Gasteiger partial charge is 0.324 e. The first-order valence-corrected chi connectivity index (χ1v) is 8.36. The number of urea groups is 1. The molecule has 2 aliphatic rings. The third-order valence-electron chi connectivity index (χ3n) is 4.80. The van der Waals surface area contributed by atoms with Gasteiger partial charge in [-0.2, -0.15) is 0 Å². The van der Waals surface area contributed by atoms with Crippen LogP contribution in [0.2, 0.25) is 0 Å². The van der Waals surface area contributed by atoms with Crippen LogP contribution in [0.15, 0.2) is 35.4 Å². The van der Waals surface area contributed by atoms with Crippen molar-refractivity contribution in [2.75, 3.05) is 19.6 Å². The van der Waals surface area contributed by atoms with E-state index < -0.39 is 6.03 Å². The highest BCUT2D eigenvalue weighted by molar-refractivity contribution is 6.02. The second kappa shape index (κ2) is 6.25. The predicted molar refractivity (Wildman–Crippen MR) is 91.2 cm³/mol. The summed E-state index contributed by atoms with van der Waals surface area (Å²) in [6, 6.07) is 6.23. The Morgan fingerprint density at radius 1 is 1.23 bits per heavy atom. The largest absolute Gasteiger partial charge is 0.339 e. The molecule has 2 fully saturated rings. The van der Waals surface area contributed by atoms with Gasteiger partial charge in [-0.05, 0) is 18.6 Å². The number of para-hydroxylation sites is 1. The van der Waals surface area contributed by atoms with Crippen LogP contribution in [0.4, 0.5) is 4.79 Å². The number of nitrogens with one attached hydrogen (secondary N) is 1. The quantitative estimate of drug-likeness (QED) is 0.751. The Labute approximate surface area is 148 Å². The highest BCUT2D eigenvalue weighted by Gasteiger charge is 2.39. The zero-order valence-electron chi connectivity index (χ0n) is 13.9. The highest BCUT2D eigenvalue weighted by Crippen LogP contribution is 2.18. The van der Waals surface area contributed by atoms with Crippen molar-refractivity contribution in [1.82, 2.24) is 24.7 Å². The van der Waals surface area contributed by atoms with Crippen LogP contribution in [0.25, 0.3) is 10.9 Å². The molecule has 1 N–H and O–H groups in total. The fourth-order valence-electron chi connectivity index (χ4n) is 3.45. The first-order chi connectivity index (χ1) is 12.5. The van der Waals surface area contributed by atoms with Gasteiger partial charge in [0.15, 0.2) is 0 Å². The molecule has 2 aliphatic heterocycles. The summed E-state index contributed by atoms with van der Waals surface area (Å²) in [4.78, 5) is 55.6. The molecule has 0 bridgehead atoms. The molecule has 0 saturated carbocycles. The molecule has 1 aromatic carbocycles. The highest BCUT2D eigenvalue weighted by atomic mass is 16.2. The second-order valence-electron chi connectivity index (χ2n) is 6.40. The number of imide groups is 1. The van der Waals surface area contributed by atoms with Gasteiger partial charge in [0.25, 0.3) is 5.56 Å². The summed E-state index contributed by atoms with van der Waals surface area (Å²) in [6.07, 6.45) is 1.91. The lowest BCUT2D eigenvalue weighted by atomic mass is 10.2. The molecule has 26 heavy (non-hydrogen) atoms. The first kappa shape index (κ1) is 16.2. The predicted octanol–water partition coefficient (Wildman–Crippen LogP) is -0.451. The normalized spacial score (nSPS) is 20.1. The van der Waals surface area contributed by atoms with E-state index in [9.17, 15) is 19.2 Å². The average Bonchev–Trinajstić information content (AvgIpc) is 3.24. The Balaban J connectivity index is 1.48. The van der Waals surface area contributed by atoms with Gasteiger partial charge in [-0.25, -0.2) is 9.78 Å². The van der Waals surface area contributed by atoms with Crippen LogP contribution in [0.1, 0.15) is 6.42 Å². The maximum Gasteiger partial charge on any atom is 0.324 e. The van der Waals surface area contributed by atoms with Crippen LogP contribution in [0.3, 0.4) is 0 Å². The van der Waals surface area contributed by atoms with Gasteiger partial charge in [0.05, 0.1) is 29.8 Å². The fourth-order valence-corrected chi connectivity index (χ4v) is 3.45. The van der Waals surface area contributed by atoms with Crippen molar-refractivity contribution in [2.45, 2.75) is 19.0 Å². The zero-order chi connectivity index (χ0) is 18.3. The minimum Gasteiger partial charge on any atom is -0.339 e. The molecule has 0 spiro atoms. The van der Waals surface area contributed by atoms with Gasteiger partial charge in [0, 0.05) is 13.1 Å². The molecular formula is C17H17N5O4. The minimum atomic E-state index is -0.413. The maximum absolute atomic E-state index is 12.6. The number of nitrogens with zero attached hydrogens (tertiary/aromatic N) is 4. The number of hydrogen-bond acceptors (Lipinski definition) is 5. The van der Waals surface area contributed by atoms with E-state index in [4.69, 9.17) is 0 Å². The number of likely N-dealkylation sites (tertiary alicyclic amines) is 1. The third-order valence-corrected chi connectivity index (χ3v) is 4.80. The number of rotatable bonds is 3. The van der Waals surface area contributed by atoms with E-state index in [-0.39, 0.29) is 43.0 Å². The molecule has 4 rings (SSSR count). The van der Waals surface area contributed by atoms with Crippen molar-refractivity contribution in [3.63, 3.8) is 0 Å². The Kier molecular flexibility index (Phi) is 3.90. The molecular weight excluding hydrogens is 338 g/mol. The summed E-state index contributed by atoms with van der Waals surface area (Å²) in [7, 11) is 0. The summed E-state index contributed by atoms with van der Waals surface area (Å²) in [5.74, 6) is -0.511. The van der Waals surface area contributed by atoms with E-state index in [2.05, 4.69) is 10.3 Å². The molecule has 1 atom stereocenters. The number of hydrogen-bond donors (Lipinski definition) is 1. The number of aromatic nitrogens is 2. The van der Waals surface area contributed by atoms with E-state index in [1.54, 1.807) is 29.2 Å². The molecule has 9 heteroatoms. The number of fused-ring (bicyclic) bond motifs is 1. The van der Waals surface area contributed by atoms with E-state index in [1.807, 2.05) is 0 Å². The lowest BCUT2D eigenvalue weighted by Crippen LogP contribution is -2.43. The monoisotopic (exact) mass is 355 g/mol. The molecule has 4 amide bonds. The van der Waals surface area contributed by atoms with Gasteiger partial charge in [-0.3, -0.25) is 23.9 Å². The summed E-state index contributed by atoms with van der Waals surface area (Å²) < 4.78 is 1.28. The molecule has 2 saturated heterocycles. The van der Waals surface area contributed by atoms with Gasteiger partial charge < -0.3 is 10.2 Å². The molecule has 134 valence electrons. The standard InChI is InChI=1S/C17H17N5O4/c23-14-7-18-17(26)22(14)11-5-6-20(8-11)15(24)9-21-10-19-13-4-2-1-3-12(13)16(21)25/h1-4,10-11H,5-9H2,(H,18,26). The molecule has 0 radical (unpaired) electrons. The summed E-state index contributed by atoms with van der Waals surface area (Å²) in [6.45, 7) is 0.606. The molecule has 1 unspecified atom stereocenters. The Morgan fingerprint density at radius 3 is 2.81 bits per heavy atom. The van der Waals surface area contributed by atoms with Gasteiger partial charge >= 0.3 is 6.03 Å². The van der Waals surface area contributed by atoms with Crippen molar-refractivity contribution < 1.29 is 14.4 Å². The number of carbonyl (C=O) groups is 3. The van der Waals surface area contributed by atoms with Crippen molar-refractivity contribution in [3.05, 3.63) is 40.9 Å². The Bertz CT molecular complexity index is 953. The number of amides is 4. The minimum absolute atomic E-state index is 0.00142. The average molecular weight is 355 g/mol. The SMILES string of the molecule is O=C(Cn1cnc2ccccc2c1=O)N1CCC(N2C(=O)CNC2=O)C1. The molecule has 2 aromatic rings. The van der Waals surface area contributed by atoms with Gasteiger partial charge in [0.1, 0.15) is 6.54 Å². The van der Waals surface area contributed by atoms with Crippen molar-refractivity contribution in [1.29, 1.82) is 0 Å². The molecule has 9 nitrogen and oxygen atoms in total. The third kappa shape index (κ3) is 2.71. The Hall–Kier alpha value is -3.23. The zero-order valence-corrected chi connectivity index (χ0v) is 13.9. The van der Waals surface area contributed by atoms with Crippen LogP contribution in [-0.2, 0) is 16.1 Å². The maximum atomic E-state index is 12.6. The van der Waals surface area contributed by atoms with Crippen LogP contribution in [0.5, 0.6) is 0 Å². The van der Waals surface area contributed by atoms with Crippen molar-refractivity contribution >= 4 is 28.7 Å². The molecule has 1 aromatic heterocycles. The van der Waals surface area contributed by atoms with Gasteiger partial charge in [-0.1, -0.05) is 12.1 Å². The van der Waals surface area contributed by atoms with E-state index in [1.165, 1.54) is 15.8 Å². The summed E-state index contributed by atoms with van der Waals surface area (Å²) >= 11 is 0. The Morgan fingerprint density at radius 2 is 2.04 bits per heavy atom. The molecule has 3 heterocycles. The van der Waals surface area contributed by atoms with Crippen molar-refractivity contribution in [2.24, 2.45) is 0 Å². The molecule has 0 aliphatic carbocycles. The van der Waals surface area contributed by atoms with Gasteiger partial charge in [0.2, 0.25) is 11.8 Å². The number of benzene rings is 1. The lowest BCUT2D eigenvalue weighted by molar-refractivity contribution is -0.132. The van der Waals surface area contributed by atoms with Gasteiger partial charge in [-0.15, -0.1) is 0 Å². The van der Waals surface area contributed by atoms with Crippen LogP contribution in [-0.4, -0.2) is 62.9 Å². The number of carbonyl (C=O) groups excluding carboxylic acids is 3. The van der Waals surface area contributed by atoms with E-state index >= 15 is 0 Å². The topological polar surface area (TPSA) is 105 Å². The fraction of sp³-hybridized carbons (Fsp3) is 0.353. The van der Waals surface area contributed by atoms with Crippen LogP contribution in [0, 0.1) is 0 Å². The van der Waals surface area contributed by atoms with Crippen molar-refractivity contribution in [3.8, 4) is 0 Å². The summed E-state index contributed by atoms with van der Waals surface area (Å²) in [5.41, 5.74) is 0.315. The summed E-state index contributed by atoms with van der Waals surface area (Å²) in [5, 5.41) is 2.94.